The Morgan fingerprint density at radius 2 is 2.03 bits per heavy atom. The maximum absolute atomic E-state index is 12.7. The summed E-state index contributed by atoms with van der Waals surface area (Å²) >= 11 is 0. The van der Waals surface area contributed by atoms with E-state index in [9.17, 15) is 9.90 Å². The Bertz CT molecular complexity index is 1160. The van der Waals surface area contributed by atoms with E-state index in [4.69, 9.17) is 0 Å². The van der Waals surface area contributed by atoms with Crippen LogP contribution in [-0.2, 0) is 18.3 Å². The summed E-state index contributed by atoms with van der Waals surface area (Å²) in [7, 11) is 1.89. The van der Waals surface area contributed by atoms with Crippen LogP contribution in [0.3, 0.4) is 0 Å². The first-order valence-electron chi connectivity index (χ1n) is 11.6. The third-order valence-corrected chi connectivity index (χ3v) is 8.10. The van der Waals surface area contributed by atoms with Crippen molar-refractivity contribution >= 4 is 5.91 Å². The average molecular weight is 432 g/mol. The quantitative estimate of drug-likeness (QED) is 0.689. The van der Waals surface area contributed by atoms with Crippen LogP contribution in [0.15, 0.2) is 49.2 Å². The van der Waals surface area contributed by atoms with Crippen molar-refractivity contribution < 1.29 is 9.90 Å². The SMILES string of the molecule is Cn1cc(CCC(=O)N2CCC3(CC2)C[C@@H]([C@H]2c4ccccc4-c4cncn42)[C@H]3O)cn1. The summed E-state index contributed by atoms with van der Waals surface area (Å²) in [6.45, 7) is 1.49. The van der Waals surface area contributed by atoms with Gasteiger partial charge in [-0.3, -0.25) is 9.48 Å². The van der Waals surface area contributed by atoms with Gasteiger partial charge in [-0.05, 0) is 36.8 Å². The van der Waals surface area contributed by atoms with Crippen LogP contribution in [0.5, 0.6) is 0 Å². The molecule has 3 atom stereocenters. The van der Waals surface area contributed by atoms with Crippen LogP contribution in [-0.4, -0.2) is 54.4 Å². The first-order valence-corrected chi connectivity index (χ1v) is 11.6. The van der Waals surface area contributed by atoms with Gasteiger partial charge in [-0.1, -0.05) is 24.3 Å². The number of carbonyl (C=O) groups is 1. The Morgan fingerprint density at radius 3 is 2.78 bits per heavy atom. The first kappa shape index (κ1) is 19.7. The molecule has 4 heterocycles. The van der Waals surface area contributed by atoms with E-state index < -0.39 is 0 Å². The van der Waals surface area contributed by atoms with Crippen molar-refractivity contribution in [3.63, 3.8) is 0 Å². The molecule has 1 spiro atoms. The van der Waals surface area contributed by atoms with Gasteiger partial charge in [0.25, 0.3) is 0 Å². The van der Waals surface area contributed by atoms with Gasteiger partial charge >= 0.3 is 0 Å². The Hall–Kier alpha value is -2.93. The zero-order valence-electron chi connectivity index (χ0n) is 18.4. The number of imidazole rings is 1. The fourth-order valence-electron chi connectivity index (χ4n) is 6.30. The Morgan fingerprint density at radius 1 is 1.22 bits per heavy atom. The number of aromatic nitrogens is 4. The van der Waals surface area contributed by atoms with Crippen LogP contribution >= 0.6 is 0 Å². The molecule has 2 fully saturated rings. The maximum atomic E-state index is 12.7. The highest BCUT2D eigenvalue weighted by molar-refractivity contribution is 5.76. The van der Waals surface area contributed by atoms with E-state index in [-0.39, 0.29) is 29.4 Å². The molecule has 0 unspecified atom stereocenters. The molecule has 1 aromatic carbocycles. The minimum Gasteiger partial charge on any atom is -0.392 e. The average Bonchev–Trinajstić information content (AvgIpc) is 3.52. The molecule has 166 valence electrons. The molecule has 1 N–H and O–H groups in total. The monoisotopic (exact) mass is 431 g/mol. The number of hydrogen-bond donors (Lipinski definition) is 1. The van der Waals surface area contributed by atoms with Crippen LogP contribution in [0.1, 0.15) is 42.9 Å². The third-order valence-electron chi connectivity index (χ3n) is 8.10. The zero-order chi connectivity index (χ0) is 21.9. The van der Waals surface area contributed by atoms with Crippen LogP contribution in [0.2, 0.25) is 0 Å². The first-order chi connectivity index (χ1) is 15.6. The lowest BCUT2D eigenvalue weighted by Crippen LogP contribution is -2.59. The molecular formula is C25H29N5O2. The molecule has 1 saturated heterocycles. The molecule has 3 aliphatic rings. The van der Waals surface area contributed by atoms with Gasteiger partial charge in [0.2, 0.25) is 5.91 Å². The van der Waals surface area contributed by atoms with Crippen molar-refractivity contribution in [2.75, 3.05) is 13.1 Å². The molecule has 2 aromatic heterocycles. The number of carbonyl (C=O) groups excluding carboxylic acids is 1. The van der Waals surface area contributed by atoms with Gasteiger partial charge in [-0.2, -0.15) is 5.10 Å². The van der Waals surface area contributed by atoms with E-state index in [0.717, 1.165) is 50.0 Å². The van der Waals surface area contributed by atoms with Gasteiger partial charge < -0.3 is 14.6 Å². The smallest absolute Gasteiger partial charge is 0.222 e. The highest BCUT2D eigenvalue weighted by atomic mass is 16.3. The number of nitrogens with zero attached hydrogens (tertiary/aromatic N) is 5. The van der Waals surface area contributed by atoms with E-state index in [2.05, 4.69) is 38.9 Å². The van der Waals surface area contributed by atoms with Crippen molar-refractivity contribution in [3.05, 3.63) is 60.3 Å². The molecule has 2 aliphatic heterocycles. The topological polar surface area (TPSA) is 76.2 Å². The number of benzene rings is 1. The second kappa shape index (κ2) is 7.30. The third kappa shape index (κ3) is 2.94. The predicted octanol–water partition coefficient (Wildman–Crippen LogP) is 2.81. The summed E-state index contributed by atoms with van der Waals surface area (Å²) in [5.74, 6) is 0.404. The van der Waals surface area contributed by atoms with E-state index in [1.807, 2.05) is 36.9 Å². The largest absolute Gasteiger partial charge is 0.392 e. The van der Waals surface area contributed by atoms with Crippen molar-refractivity contribution in [2.24, 2.45) is 18.4 Å². The fraction of sp³-hybridized carbons (Fsp3) is 0.480. The summed E-state index contributed by atoms with van der Waals surface area (Å²) in [5.41, 5.74) is 4.72. The highest BCUT2D eigenvalue weighted by Gasteiger charge is 2.58. The number of aliphatic hydroxyl groups is 1. The summed E-state index contributed by atoms with van der Waals surface area (Å²) in [4.78, 5) is 19.1. The number of aryl methyl sites for hydroxylation is 2. The number of hydrogen-bond acceptors (Lipinski definition) is 4. The van der Waals surface area contributed by atoms with Gasteiger partial charge in [0.15, 0.2) is 0 Å². The Labute approximate surface area is 187 Å². The number of piperidine rings is 1. The van der Waals surface area contributed by atoms with Crippen molar-refractivity contribution in [1.82, 2.24) is 24.2 Å². The Balaban J connectivity index is 1.10. The van der Waals surface area contributed by atoms with Gasteiger partial charge in [0, 0.05) is 49.7 Å². The fourth-order valence-corrected chi connectivity index (χ4v) is 6.30. The van der Waals surface area contributed by atoms with Crippen molar-refractivity contribution in [2.45, 2.75) is 44.2 Å². The van der Waals surface area contributed by atoms with E-state index in [0.29, 0.717) is 6.42 Å². The molecule has 1 aliphatic carbocycles. The lowest BCUT2D eigenvalue weighted by molar-refractivity contribution is -0.164. The zero-order valence-corrected chi connectivity index (χ0v) is 18.4. The van der Waals surface area contributed by atoms with E-state index in [1.54, 1.807) is 4.68 Å². The number of rotatable bonds is 4. The maximum Gasteiger partial charge on any atom is 0.222 e. The number of amides is 1. The van der Waals surface area contributed by atoms with Crippen LogP contribution < -0.4 is 0 Å². The second-order valence-corrected chi connectivity index (χ2v) is 9.80. The molecule has 1 saturated carbocycles. The highest BCUT2D eigenvalue weighted by Crippen LogP contribution is 2.59. The molecule has 0 bridgehead atoms. The molecule has 7 nitrogen and oxygen atoms in total. The molecule has 6 rings (SSSR count). The van der Waals surface area contributed by atoms with E-state index >= 15 is 0 Å². The van der Waals surface area contributed by atoms with Gasteiger partial charge in [0.1, 0.15) is 0 Å². The molecular weight excluding hydrogens is 402 g/mol. The number of fused-ring (bicyclic) bond motifs is 3. The standard InChI is InChI=1S/C25H29N5O2/c1-28-15-17(13-27-28)6-7-22(31)29-10-8-25(9-11-29)12-20(24(25)32)23-19-5-3-2-4-18(19)21-14-26-16-30(21)23/h2-5,13-16,20,23-24,32H,6-12H2,1H3/t20-,23+,24+/m0/s1. The minimum absolute atomic E-state index is 0.0525. The molecule has 32 heavy (non-hydrogen) atoms. The lowest BCUT2D eigenvalue weighted by Gasteiger charge is -2.58. The summed E-state index contributed by atoms with van der Waals surface area (Å²) in [6, 6.07) is 8.65. The van der Waals surface area contributed by atoms with Gasteiger partial charge in [0.05, 0.1) is 36.6 Å². The van der Waals surface area contributed by atoms with Crippen LogP contribution in [0.4, 0.5) is 0 Å². The number of aliphatic hydroxyl groups excluding tert-OH is 1. The lowest BCUT2D eigenvalue weighted by atomic mass is 9.53. The summed E-state index contributed by atoms with van der Waals surface area (Å²) in [5, 5.41) is 15.5. The predicted molar refractivity (Wildman–Crippen MR) is 120 cm³/mol. The van der Waals surface area contributed by atoms with Crippen LogP contribution in [0.25, 0.3) is 11.3 Å². The minimum atomic E-state index is -0.346. The van der Waals surface area contributed by atoms with E-state index in [1.165, 1.54) is 11.1 Å². The van der Waals surface area contributed by atoms with Crippen molar-refractivity contribution in [1.29, 1.82) is 0 Å². The van der Waals surface area contributed by atoms with Crippen molar-refractivity contribution in [3.8, 4) is 11.3 Å². The van der Waals surface area contributed by atoms with Crippen LogP contribution in [0, 0.1) is 11.3 Å². The second-order valence-electron chi connectivity index (χ2n) is 9.80. The Kier molecular flexibility index (Phi) is 4.50. The summed E-state index contributed by atoms with van der Waals surface area (Å²) in [6.07, 6.45) is 11.3. The molecule has 1 amide bonds. The number of likely N-dealkylation sites (tertiary alicyclic amines) is 1. The summed E-state index contributed by atoms with van der Waals surface area (Å²) < 4.78 is 4.01. The normalized spacial score (nSPS) is 25.4. The van der Waals surface area contributed by atoms with Gasteiger partial charge in [-0.15, -0.1) is 0 Å². The van der Waals surface area contributed by atoms with Gasteiger partial charge in [-0.25, -0.2) is 4.98 Å². The molecule has 7 heteroatoms. The molecule has 0 radical (unpaired) electrons. The molecule has 3 aromatic rings.